The van der Waals surface area contributed by atoms with Gasteiger partial charge in [-0.1, -0.05) is 121 Å². The average Bonchev–Trinajstić information content (AvgIpc) is 3.66. The lowest BCUT2D eigenvalue weighted by Crippen LogP contribution is -2.03. The molecule has 0 saturated carbocycles. The summed E-state index contributed by atoms with van der Waals surface area (Å²) in [6.45, 7) is 0. The number of fused-ring (bicyclic) bond motifs is 8. The fourth-order valence-electron chi connectivity index (χ4n) is 7.13. The van der Waals surface area contributed by atoms with Crippen molar-refractivity contribution in [2.45, 2.75) is 0 Å². The van der Waals surface area contributed by atoms with Crippen LogP contribution in [-0.4, -0.2) is 14.5 Å². The van der Waals surface area contributed by atoms with Crippen molar-refractivity contribution in [2.24, 2.45) is 0 Å². The molecule has 0 aliphatic carbocycles. The van der Waals surface area contributed by atoms with Crippen molar-refractivity contribution >= 4 is 75.0 Å². The van der Waals surface area contributed by atoms with Crippen LogP contribution in [0.25, 0.3) is 92.0 Å². The molecule has 46 heavy (non-hydrogen) atoms. The molecule has 10 aromatic rings. The van der Waals surface area contributed by atoms with E-state index in [1.54, 1.807) is 0 Å². The zero-order chi connectivity index (χ0) is 30.2. The highest BCUT2D eigenvalue weighted by atomic mass is 32.1. The minimum Gasteiger partial charge on any atom is -0.278 e. The summed E-state index contributed by atoms with van der Waals surface area (Å²) in [5.74, 6) is 0.673. The Labute approximate surface area is 268 Å². The smallest absolute Gasteiger partial charge is 0.235 e. The lowest BCUT2D eigenvalue weighted by molar-refractivity contribution is 1.01. The van der Waals surface area contributed by atoms with Crippen molar-refractivity contribution in [1.29, 1.82) is 0 Å². The molecular weight excluding hydrogens is 579 g/mol. The summed E-state index contributed by atoms with van der Waals surface area (Å²) in [7, 11) is 0. The van der Waals surface area contributed by atoms with E-state index in [1.807, 2.05) is 11.3 Å². The topological polar surface area (TPSA) is 30.7 Å². The van der Waals surface area contributed by atoms with Crippen LogP contribution in [0.15, 0.2) is 152 Å². The predicted octanol–water partition coefficient (Wildman–Crippen LogP) is 11.6. The lowest BCUT2D eigenvalue weighted by atomic mass is 9.99. The molecule has 214 valence electrons. The maximum atomic E-state index is 5.36. The van der Waals surface area contributed by atoms with Gasteiger partial charge in [-0.25, -0.2) is 9.97 Å². The van der Waals surface area contributed by atoms with Gasteiger partial charge >= 0.3 is 0 Å². The summed E-state index contributed by atoms with van der Waals surface area (Å²) >= 11 is 1.87. The Hall–Kier alpha value is -5.84. The van der Waals surface area contributed by atoms with Crippen molar-refractivity contribution in [2.75, 3.05) is 0 Å². The average molecular weight is 604 g/mol. The Kier molecular flexibility index (Phi) is 5.45. The van der Waals surface area contributed by atoms with Gasteiger partial charge in [-0.3, -0.25) is 4.57 Å². The number of para-hydroxylation sites is 2. The monoisotopic (exact) mass is 603 g/mol. The van der Waals surface area contributed by atoms with Crippen LogP contribution in [0.3, 0.4) is 0 Å². The maximum Gasteiger partial charge on any atom is 0.235 e. The van der Waals surface area contributed by atoms with Crippen molar-refractivity contribution in [3.05, 3.63) is 152 Å². The highest BCUT2D eigenvalue weighted by molar-refractivity contribution is 7.26. The van der Waals surface area contributed by atoms with Gasteiger partial charge in [-0.05, 0) is 52.2 Å². The van der Waals surface area contributed by atoms with Crippen molar-refractivity contribution in [3.8, 4) is 28.3 Å². The molecule has 0 N–H and O–H groups in total. The largest absolute Gasteiger partial charge is 0.278 e. The highest BCUT2D eigenvalue weighted by Crippen LogP contribution is 2.42. The number of hydrogen-bond donors (Lipinski definition) is 0. The first-order chi connectivity index (χ1) is 22.8. The fourth-order valence-corrected chi connectivity index (χ4v) is 8.37. The molecule has 0 unspecified atom stereocenters. The van der Waals surface area contributed by atoms with Crippen molar-refractivity contribution < 1.29 is 0 Å². The standard InChI is InChI=1S/C42H25N3S/c1-2-13-28-26(11-1)12-9-18-32(28)40-34-16-3-6-20-36(34)43-42(44-40)45-37-21-7-4-14-30(37)35-25-27(23-24-38(35)45)29-17-10-19-33-31-15-5-8-22-39(31)46-41(29)33/h1-25H. The first kappa shape index (κ1) is 25.5. The molecule has 0 saturated heterocycles. The zero-order valence-electron chi connectivity index (χ0n) is 24.7. The summed E-state index contributed by atoms with van der Waals surface area (Å²) in [4.78, 5) is 10.5. The van der Waals surface area contributed by atoms with Crippen LogP contribution in [-0.2, 0) is 0 Å². The summed E-state index contributed by atoms with van der Waals surface area (Å²) in [6, 6.07) is 54.1. The first-order valence-electron chi connectivity index (χ1n) is 15.5. The Morgan fingerprint density at radius 2 is 1.13 bits per heavy atom. The Morgan fingerprint density at radius 1 is 0.457 bits per heavy atom. The molecule has 3 aromatic heterocycles. The number of aromatic nitrogens is 3. The van der Waals surface area contributed by atoms with Crippen molar-refractivity contribution in [3.63, 3.8) is 0 Å². The van der Waals surface area contributed by atoms with Gasteiger partial charge in [0.1, 0.15) is 0 Å². The molecule has 0 fully saturated rings. The third-order valence-electron chi connectivity index (χ3n) is 9.22. The molecule has 0 spiro atoms. The van der Waals surface area contributed by atoms with Crippen LogP contribution in [0.2, 0.25) is 0 Å². The van der Waals surface area contributed by atoms with Gasteiger partial charge in [0.15, 0.2) is 0 Å². The van der Waals surface area contributed by atoms with Gasteiger partial charge in [0.05, 0.1) is 22.2 Å². The van der Waals surface area contributed by atoms with E-state index in [2.05, 4.69) is 156 Å². The van der Waals surface area contributed by atoms with E-state index in [9.17, 15) is 0 Å². The molecule has 0 aliphatic rings. The predicted molar refractivity (Wildman–Crippen MR) is 195 cm³/mol. The molecule has 10 rings (SSSR count). The quantitative estimate of drug-likeness (QED) is 0.201. The number of nitrogens with zero attached hydrogens (tertiary/aromatic N) is 3. The lowest BCUT2D eigenvalue weighted by Gasteiger charge is -2.13. The summed E-state index contributed by atoms with van der Waals surface area (Å²) in [6.07, 6.45) is 0. The zero-order valence-corrected chi connectivity index (χ0v) is 25.5. The van der Waals surface area contributed by atoms with Crippen LogP contribution in [0, 0.1) is 0 Å². The van der Waals surface area contributed by atoms with E-state index < -0.39 is 0 Å². The Balaban J connectivity index is 1.24. The molecule has 3 nitrogen and oxygen atoms in total. The van der Waals surface area contributed by atoms with Crippen LogP contribution in [0.5, 0.6) is 0 Å². The van der Waals surface area contributed by atoms with E-state index in [0.29, 0.717) is 5.95 Å². The van der Waals surface area contributed by atoms with E-state index in [4.69, 9.17) is 9.97 Å². The summed E-state index contributed by atoms with van der Waals surface area (Å²) < 4.78 is 4.87. The van der Waals surface area contributed by atoms with E-state index in [-0.39, 0.29) is 0 Å². The van der Waals surface area contributed by atoms with Gasteiger partial charge in [-0.2, -0.15) is 0 Å². The molecule has 0 aliphatic heterocycles. The third kappa shape index (κ3) is 3.71. The van der Waals surface area contributed by atoms with Crippen molar-refractivity contribution in [1.82, 2.24) is 14.5 Å². The van der Waals surface area contributed by atoms with E-state index in [0.717, 1.165) is 33.2 Å². The second kappa shape index (κ2) is 9.83. The molecule has 7 aromatic carbocycles. The van der Waals surface area contributed by atoms with Crippen LogP contribution in [0.4, 0.5) is 0 Å². The van der Waals surface area contributed by atoms with Crippen LogP contribution in [0.1, 0.15) is 0 Å². The van der Waals surface area contributed by atoms with Gasteiger partial charge < -0.3 is 0 Å². The van der Waals surface area contributed by atoms with Crippen LogP contribution >= 0.6 is 11.3 Å². The fraction of sp³-hybridized carbons (Fsp3) is 0. The van der Waals surface area contributed by atoms with Gasteiger partial charge in [-0.15, -0.1) is 11.3 Å². The minimum absolute atomic E-state index is 0.673. The number of thiophene rings is 1. The van der Waals surface area contributed by atoms with E-state index in [1.165, 1.54) is 52.8 Å². The normalized spacial score (nSPS) is 11.9. The number of benzene rings is 7. The van der Waals surface area contributed by atoms with Gasteiger partial charge in [0.25, 0.3) is 0 Å². The number of rotatable bonds is 3. The third-order valence-corrected chi connectivity index (χ3v) is 10.4. The second-order valence-electron chi connectivity index (χ2n) is 11.8. The van der Waals surface area contributed by atoms with E-state index >= 15 is 0 Å². The Morgan fingerprint density at radius 3 is 2.07 bits per heavy atom. The van der Waals surface area contributed by atoms with Crippen LogP contribution < -0.4 is 0 Å². The minimum atomic E-state index is 0.673. The molecule has 0 atom stereocenters. The molecule has 0 radical (unpaired) electrons. The van der Waals surface area contributed by atoms with Gasteiger partial charge in [0.2, 0.25) is 5.95 Å². The Bertz CT molecular complexity index is 2820. The molecule has 4 heteroatoms. The maximum absolute atomic E-state index is 5.36. The molecule has 0 amide bonds. The second-order valence-corrected chi connectivity index (χ2v) is 12.8. The SMILES string of the molecule is c1ccc2c(-c3nc(-n4c5ccccc5c5cc(-c6cccc7c6sc6ccccc67)ccc54)nc4ccccc34)cccc2c1. The highest BCUT2D eigenvalue weighted by Gasteiger charge is 2.19. The molecule has 0 bridgehead atoms. The molecular formula is C42H25N3S. The van der Waals surface area contributed by atoms with Gasteiger partial charge in [0, 0.05) is 41.9 Å². The summed E-state index contributed by atoms with van der Waals surface area (Å²) in [5.41, 5.74) is 7.63. The number of hydrogen-bond acceptors (Lipinski definition) is 3. The first-order valence-corrected chi connectivity index (χ1v) is 16.3. The molecule has 3 heterocycles. The summed E-state index contributed by atoms with van der Waals surface area (Å²) in [5, 5.41) is 8.43.